The van der Waals surface area contributed by atoms with Crippen LogP contribution in [0.25, 0.3) is 0 Å². The maximum Gasteiger partial charge on any atom is 0.254 e. The molecule has 1 unspecified atom stereocenters. The van der Waals surface area contributed by atoms with E-state index in [-0.39, 0.29) is 17.8 Å². The van der Waals surface area contributed by atoms with Crippen molar-refractivity contribution < 1.29 is 14.6 Å². The van der Waals surface area contributed by atoms with Crippen molar-refractivity contribution in [1.29, 1.82) is 0 Å². The van der Waals surface area contributed by atoms with Crippen molar-refractivity contribution in [2.24, 2.45) is 0 Å². The SMILES string of the molecule is CNCC1CN(C(=O)c2ccc(Br)c(O)c2)CCO1. The summed E-state index contributed by atoms with van der Waals surface area (Å²) in [6, 6.07) is 4.86. The minimum absolute atomic E-state index is 0.0201. The van der Waals surface area contributed by atoms with E-state index in [1.165, 1.54) is 6.07 Å². The molecule has 2 rings (SSSR count). The number of hydrogen-bond donors (Lipinski definition) is 2. The summed E-state index contributed by atoms with van der Waals surface area (Å²) < 4.78 is 6.15. The summed E-state index contributed by atoms with van der Waals surface area (Å²) in [5, 5.41) is 12.7. The number of rotatable bonds is 3. The summed E-state index contributed by atoms with van der Waals surface area (Å²) in [7, 11) is 1.86. The number of aromatic hydroxyl groups is 1. The molecule has 1 heterocycles. The second kappa shape index (κ2) is 6.36. The summed E-state index contributed by atoms with van der Waals surface area (Å²) >= 11 is 3.20. The number of ether oxygens (including phenoxy) is 1. The van der Waals surface area contributed by atoms with Crippen LogP contribution in [0.1, 0.15) is 10.4 Å². The fraction of sp³-hybridized carbons (Fsp3) is 0.462. The molecule has 1 fully saturated rings. The van der Waals surface area contributed by atoms with Crippen LogP contribution in [0.15, 0.2) is 22.7 Å². The molecular formula is C13H17BrN2O3. The van der Waals surface area contributed by atoms with Crippen molar-refractivity contribution in [3.63, 3.8) is 0 Å². The highest BCUT2D eigenvalue weighted by molar-refractivity contribution is 9.10. The number of carbonyl (C=O) groups excluding carboxylic acids is 1. The van der Waals surface area contributed by atoms with Crippen molar-refractivity contribution in [2.45, 2.75) is 6.10 Å². The minimum atomic E-state index is -0.0767. The Morgan fingerprint density at radius 1 is 1.63 bits per heavy atom. The van der Waals surface area contributed by atoms with Gasteiger partial charge in [-0.1, -0.05) is 0 Å². The van der Waals surface area contributed by atoms with Gasteiger partial charge >= 0.3 is 0 Å². The molecular weight excluding hydrogens is 312 g/mol. The average molecular weight is 329 g/mol. The fourth-order valence-corrected chi connectivity index (χ4v) is 2.33. The van der Waals surface area contributed by atoms with Gasteiger partial charge in [0, 0.05) is 25.2 Å². The summed E-state index contributed by atoms with van der Waals surface area (Å²) in [6.45, 7) is 2.41. The van der Waals surface area contributed by atoms with Crippen molar-refractivity contribution in [1.82, 2.24) is 10.2 Å². The Kier molecular flexibility index (Phi) is 4.79. The van der Waals surface area contributed by atoms with E-state index in [1.807, 2.05) is 7.05 Å². The van der Waals surface area contributed by atoms with Gasteiger partial charge in [-0.25, -0.2) is 0 Å². The van der Waals surface area contributed by atoms with E-state index in [9.17, 15) is 9.90 Å². The van der Waals surface area contributed by atoms with E-state index < -0.39 is 0 Å². The zero-order valence-corrected chi connectivity index (χ0v) is 12.3. The van der Waals surface area contributed by atoms with Gasteiger partial charge in [0.25, 0.3) is 5.91 Å². The molecule has 0 aromatic heterocycles. The second-order valence-corrected chi connectivity index (χ2v) is 5.32. The second-order valence-electron chi connectivity index (χ2n) is 4.47. The number of amides is 1. The molecule has 0 spiro atoms. The standard InChI is InChI=1S/C13H17BrN2O3/c1-15-7-10-8-16(4-5-19-10)13(18)9-2-3-11(14)12(17)6-9/h2-3,6,10,15,17H,4-5,7-8H2,1H3. The van der Waals surface area contributed by atoms with Gasteiger partial charge in [-0.3, -0.25) is 4.79 Å². The molecule has 1 aliphatic heterocycles. The summed E-state index contributed by atoms with van der Waals surface area (Å²) in [5.41, 5.74) is 0.491. The monoisotopic (exact) mass is 328 g/mol. The number of nitrogens with zero attached hydrogens (tertiary/aromatic N) is 1. The van der Waals surface area contributed by atoms with Crippen LogP contribution in [0, 0.1) is 0 Å². The topological polar surface area (TPSA) is 61.8 Å². The Labute approximate surface area is 120 Å². The minimum Gasteiger partial charge on any atom is -0.507 e. The van der Waals surface area contributed by atoms with Gasteiger partial charge in [-0.2, -0.15) is 0 Å². The Bertz CT molecular complexity index is 465. The van der Waals surface area contributed by atoms with Crippen LogP contribution in [-0.2, 0) is 4.74 Å². The van der Waals surface area contributed by atoms with E-state index in [0.717, 1.165) is 6.54 Å². The molecule has 6 heteroatoms. The number of nitrogens with one attached hydrogen (secondary N) is 1. The van der Waals surface area contributed by atoms with Crippen molar-refractivity contribution in [2.75, 3.05) is 33.3 Å². The van der Waals surface area contributed by atoms with Crippen molar-refractivity contribution in [3.05, 3.63) is 28.2 Å². The number of phenolic OH excluding ortho intramolecular Hbond substituents is 1. The van der Waals surface area contributed by atoms with Crippen LogP contribution in [0.5, 0.6) is 5.75 Å². The predicted octanol–water partition coefficient (Wildman–Crippen LogP) is 1.22. The summed E-state index contributed by atoms with van der Waals surface area (Å²) in [6.07, 6.45) is 0.0201. The molecule has 1 aromatic rings. The number of halogens is 1. The van der Waals surface area contributed by atoms with Gasteiger partial charge in [-0.05, 0) is 41.2 Å². The third kappa shape index (κ3) is 3.46. The third-order valence-corrected chi connectivity index (χ3v) is 3.72. The highest BCUT2D eigenvalue weighted by atomic mass is 79.9. The average Bonchev–Trinajstić information content (AvgIpc) is 2.42. The van der Waals surface area contributed by atoms with Crippen LogP contribution in [0.3, 0.4) is 0 Å². The Morgan fingerprint density at radius 3 is 3.11 bits per heavy atom. The molecule has 104 valence electrons. The van der Waals surface area contributed by atoms with E-state index in [0.29, 0.717) is 29.7 Å². The molecule has 5 nitrogen and oxygen atoms in total. The van der Waals surface area contributed by atoms with Gasteiger partial charge in [0.2, 0.25) is 0 Å². The van der Waals surface area contributed by atoms with E-state index in [2.05, 4.69) is 21.2 Å². The van der Waals surface area contributed by atoms with Gasteiger partial charge in [0.05, 0.1) is 17.2 Å². The zero-order valence-electron chi connectivity index (χ0n) is 10.7. The van der Waals surface area contributed by atoms with Gasteiger partial charge in [0.1, 0.15) is 5.75 Å². The van der Waals surface area contributed by atoms with Gasteiger partial charge < -0.3 is 20.1 Å². The maximum absolute atomic E-state index is 12.3. The molecule has 0 bridgehead atoms. The van der Waals surface area contributed by atoms with Crippen LogP contribution >= 0.6 is 15.9 Å². The number of benzene rings is 1. The van der Waals surface area contributed by atoms with Crippen LogP contribution in [0.2, 0.25) is 0 Å². The van der Waals surface area contributed by atoms with E-state index in [1.54, 1.807) is 17.0 Å². The summed E-state index contributed by atoms with van der Waals surface area (Å²) in [5.74, 6) is -0.00177. The predicted molar refractivity (Wildman–Crippen MR) is 75.4 cm³/mol. The van der Waals surface area contributed by atoms with Crippen LogP contribution in [-0.4, -0.2) is 55.3 Å². The lowest BCUT2D eigenvalue weighted by molar-refractivity contribution is -0.0196. The molecule has 0 aliphatic carbocycles. The summed E-state index contributed by atoms with van der Waals surface area (Å²) in [4.78, 5) is 14.1. The Balaban J connectivity index is 2.08. The molecule has 19 heavy (non-hydrogen) atoms. The number of hydrogen-bond acceptors (Lipinski definition) is 4. The molecule has 0 saturated carbocycles. The van der Waals surface area contributed by atoms with Crippen molar-refractivity contribution in [3.8, 4) is 5.75 Å². The first-order valence-corrected chi connectivity index (χ1v) is 6.95. The molecule has 1 aliphatic rings. The molecule has 0 radical (unpaired) electrons. The van der Waals surface area contributed by atoms with Gasteiger partial charge in [0.15, 0.2) is 0 Å². The van der Waals surface area contributed by atoms with Crippen molar-refractivity contribution >= 4 is 21.8 Å². The first-order chi connectivity index (χ1) is 9.11. The van der Waals surface area contributed by atoms with E-state index in [4.69, 9.17) is 4.74 Å². The van der Waals surface area contributed by atoms with Gasteiger partial charge in [-0.15, -0.1) is 0 Å². The maximum atomic E-state index is 12.3. The lowest BCUT2D eigenvalue weighted by Gasteiger charge is -2.33. The number of carbonyl (C=O) groups is 1. The largest absolute Gasteiger partial charge is 0.507 e. The smallest absolute Gasteiger partial charge is 0.254 e. The molecule has 1 aromatic carbocycles. The number of likely N-dealkylation sites (N-methyl/N-ethyl adjacent to an activating group) is 1. The van der Waals surface area contributed by atoms with E-state index >= 15 is 0 Å². The molecule has 1 atom stereocenters. The lowest BCUT2D eigenvalue weighted by atomic mass is 10.1. The first-order valence-electron chi connectivity index (χ1n) is 6.16. The Hall–Kier alpha value is -1.11. The van der Waals surface area contributed by atoms with Crippen LogP contribution in [0.4, 0.5) is 0 Å². The molecule has 1 amide bonds. The third-order valence-electron chi connectivity index (χ3n) is 3.05. The zero-order chi connectivity index (χ0) is 13.8. The van der Waals surface area contributed by atoms with Crippen LogP contribution < -0.4 is 5.32 Å². The number of phenols is 1. The Morgan fingerprint density at radius 2 is 2.42 bits per heavy atom. The lowest BCUT2D eigenvalue weighted by Crippen LogP contribution is -2.48. The normalized spacial score (nSPS) is 19.5. The molecule has 1 saturated heterocycles. The first kappa shape index (κ1) is 14.3. The quantitative estimate of drug-likeness (QED) is 0.875. The highest BCUT2D eigenvalue weighted by Gasteiger charge is 2.24. The fourth-order valence-electron chi connectivity index (χ4n) is 2.08. The molecule has 2 N–H and O–H groups in total. The number of morpholine rings is 1. The highest BCUT2D eigenvalue weighted by Crippen LogP contribution is 2.25.